The van der Waals surface area contributed by atoms with Crippen molar-refractivity contribution < 1.29 is 19.0 Å². The summed E-state index contributed by atoms with van der Waals surface area (Å²) in [7, 11) is 3.20. The molecule has 0 saturated carbocycles. The van der Waals surface area contributed by atoms with Crippen molar-refractivity contribution in [2.45, 2.75) is 13.8 Å². The summed E-state index contributed by atoms with van der Waals surface area (Å²) in [6.45, 7) is 6.99. The van der Waals surface area contributed by atoms with Crippen LogP contribution in [0.5, 0.6) is 23.0 Å². The molecule has 1 aliphatic heterocycles. The van der Waals surface area contributed by atoms with Crippen LogP contribution in [0.25, 0.3) is 10.9 Å². The Bertz CT molecular complexity index is 1250. The number of carbonyl (C=O) groups is 1. The first kappa shape index (κ1) is 25.3. The van der Waals surface area contributed by atoms with Crippen LogP contribution in [-0.4, -0.2) is 56.2 Å². The van der Waals surface area contributed by atoms with E-state index in [0.717, 1.165) is 29.7 Å². The van der Waals surface area contributed by atoms with Gasteiger partial charge in [-0.05, 0) is 49.2 Å². The summed E-state index contributed by atoms with van der Waals surface area (Å²) in [6, 6.07) is 13.1. The number of aromatic nitrogens is 1. The number of allylic oxidation sites excluding steroid dienone is 3. The van der Waals surface area contributed by atoms with E-state index in [1.165, 1.54) is 0 Å². The Hall–Kier alpha value is -3.84. The fraction of sp³-hybridized carbons (Fsp3) is 0.310. The van der Waals surface area contributed by atoms with Crippen molar-refractivity contribution in [1.82, 2.24) is 9.88 Å². The van der Waals surface area contributed by atoms with Gasteiger partial charge in [0.2, 0.25) is 5.91 Å². The molecule has 1 unspecified atom stereocenters. The molecule has 0 bridgehead atoms. The average Bonchev–Trinajstić information content (AvgIpc) is 2.89. The summed E-state index contributed by atoms with van der Waals surface area (Å²) in [5.41, 5.74) is 1.62. The van der Waals surface area contributed by atoms with Gasteiger partial charge in [0.25, 0.3) is 0 Å². The van der Waals surface area contributed by atoms with Gasteiger partial charge in [-0.2, -0.15) is 0 Å². The van der Waals surface area contributed by atoms with E-state index in [1.807, 2.05) is 66.4 Å². The van der Waals surface area contributed by atoms with E-state index in [1.54, 1.807) is 20.4 Å². The van der Waals surface area contributed by atoms with Crippen molar-refractivity contribution in [1.29, 1.82) is 0 Å². The molecule has 1 aliphatic rings. The quantitative estimate of drug-likeness (QED) is 0.374. The highest BCUT2D eigenvalue weighted by Crippen LogP contribution is 2.37. The molecule has 3 aromatic rings. The summed E-state index contributed by atoms with van der Waals surface area (Å²) in [5, 5.41) is 0.820. The molecule has 4 rings (SSSR count). The number of anilines is 1. The van der Waals surface area contributed by atoms with Crippen LogP contribution in [0, 0.1) is 5.92 Å². The van der Waals surface area contributed by atoms with Crippen LogP contribution >= 0.6 is 0 Å². The van der Waals surface area contributed by atoms with Crippen LogP contribution < -0.4 is 19.1 Å². The third-order valence-corrected chi connectivity index (χ3v) is 6.17. The molecule has 2 heterocycles. The topological polar surface area (TPSA) is 64.1 Å². The second kappa shape index (κ2) is 11.7. The first-order valence-electron chi connectivity index (χ1n) is 12.1. The highest BCUT2D eigenvalue weighted by atomic mass is 16.5. The van der Waals surface area contributed by atoms with Crippen molar-refractivity contribution in [3.63, 3.8) is 0 Å². The predicted octanol–water partition coefficient (Wildman–Crippen LogP) is 5.46. The number of amides is 1. The lowest BCUT2D eigenvalue weighted by atomic mass is 10.1. The van der Waals surface area contributed by atoms with E-state index in [2.05, 4.69) is 29.0 Å². The number of nitrogens with zero attached hydrogens (tertiary/aromatic N) is 3. The summed E-state index contributed by atoms with van der Waals surface area (Å²) >= 11 is 0. The highest BCUT2D eigenvalue weighted by Gasteiger charge is 2.25. The zero-order valence-electron chi connectivity index (χ0n) is 21.3. The first-order valence-corrected chi connectivity index (χ1v) is 12.1. The van der Waals surface area contributed by atoms with Crippen molar-refractivity contribution in [3.8, 4) is 23.0 Å². The third kappa shape index (κ3) is 5.86. The molecule has 188 valence electrons. The summed E-state index contributed by atoms with van der Waals surface area (Å²) < 4.78 is 17.0. The van der Waals surface area contributed by atoms with Gasteiger partial charge in [0.1, 0.15) is 11.5 Å². The van der Waals surface area contributed by atoms with Crippen LogP contribution in [-0.2, 0) is 4.79 Å². The van der Waals surface area contributed by atoms with E-state index < -0.39 is 0 Å². The minimum atomic E-state index is 0.112. The number of methoxy groups -OCH3 is 2. The summed E-state index contributed by atoms with van der Waals surface area (Å²) in [6.07, 6.45) is 9.98. The van der Waals surface area contributed by atoms with Gasteiger partial charge in [-0.25, -0.2) is 0 Å². The second-order valence-electron chi connectivity index (χ2n) is 8.80. The average molecular weight is 488 g/mol. The molecular formula is C29H33N3O4. The van der Waals surface area contributed by atoms with Gasteiger partial charge >= 0.3 is 0 Å². The Morgan fingerprint density at radius 2 is 1.75 bits per heavy atom. The number of benzene rings is 2. The number of hydrogen-bond acceptors (Lipinski definition) is 6. The Balaban J connectivity index is 1.42. The van der Waals surface area contributed by atoms with Gasteiger partial charge in [-0.1, -0.05) is 31.2 Å². The zero-order chi connectivity index (χ0) is 25.5. The number of pyridine rings is 1. The summed E-state index contributed by atoms with van der Waals surface area (Å²) in [4.78, 5) is 21.4. The van der Waals surface area contributed by atoms with Gasteiger partial charge < -0.3 is 19.1 Å². The fourth-order valence-electron chi connectivity index (χ4n) is 4.34. The summed E-state index contributed by atoms with van der Waals surface area (Å²) in [5.74, 6) is 3.07. The van der Waals surface area contributed by atoms with Crippen molar-refractivity contribution in [3.05, 3.63) is 73.0 Å². The van der Waals surface area contributed by atoms with E-state index >= 15 is 0 Å². The van der Waals surface area contributed by atoms with Crippen LogP contribution in [0.2, 0.25) is 0 Å². The predicted molar refractivity (Wildman–Crippen MR) is 143 cm³/mol. The molecule has 0 N–H and O–H groups in total. The maximum Gasteiger partial charge on any atom is 0.241 e. The number of fused-ring (bicyclic) bond motifs is 1. The normalized spacial score (nSPS) is 15.7. The van der Waals surface area contributed by atoms with Crippen LogP contribution in [0.4, 0.5) is 5.69 Å². The maximum absolute atomic E-state index is 12.9. The second-order valence-corrected chi connectivity index (χ2v) is 8.80. The molecule has 36 heavy (non-hydrogen) atoms. The number of piperazine rings is 1. The van der Waals surface area contributed by atoms with Gasteiger partial charge in [-0.3, -0.25) is 14.7 Å². The molecular weight excluding hydrogens is 454 g/mol. The lowest BCUT2D eigenvalue weighted by Crippen LogP contribution is -2.51. The van der Waals surface area contributed by atoms with Gasteiger partial charge in [0.15, 0.2) is 11.5 Å². The van der Waals surface area contributed by atoms with E-state index in [0.29, 0.717) is 42.0 Å². The first-order chi connectivity index (χ1) is 17.5. The Labute approximate surface area is 212 Å². The zero-order valence-corrected chi connectivity index (χ0v) is 21.3. The van der Waals surface area contributed by atoms with Crippen LogP contribution in [0.3, 0.4) is 0 Å². The van der Waals surface area contributed by atoms with Gasteiger partial charge in [0.05, 0.1) is 26.3 Å². The number of carbonyl (C=O) groups excluding carboxylic acids is 1. The van der Waals surface area contributed by atoms with Gasteiger partial charge in [-0.15, -0.1) is 0 Å². The molecule has 1 amide bonds. The lowest BCUT2D eigenvalue weighted by Gasteiger charge is -2.35. The molecule has 1 atom stereocenters. The molecule has 0 aliphatic carbocycles. The van der Waals surface area contributed by atoms with E-state index in [4.69, 9.17) is 14.2 Å². The highest BCUT2D eigenvalue weighted by molar-refractivity contribution is 5.95. The number of hydrogen-bond donors (Lipinski definition) is 0. The molecule has 2 aromatic carbocycles. The Kier molecular flexibility index (Phi) is 8.23. The minimum absolute atomic E-state index is 0.112. The van der Waals surface area contributed by atoms with Crippen molar-refractivity contribution in [2.75, 3.05) is 45.3 Å². The molecule has 0 spiro atoms. The van der Waals surface area contributed by atoms with E-state index in [9.17, 15) is 4.79 Å². The third-order valence-electron chi connectivity index (χ3n) is 6.17. The van der Waals surface area contributed by atoms with Crippen molar-refractivity contribution >= 4 is 22.5 Å². The molecule has 7 nitrogen and oxygen atoms in total. The molecule has 1 saturated heterocycles. The number of ether oxygens (including phenoxy) is 3. The maximum atomic E-state index is 12.9. The fourth-order valence-corrected chi connectivity index (χ4v) is 4.34. The smallest absolute Gasteiger partial charge is 0.241 e. The molecule has 0 radical (unpaired) electrons. The standard InChI is InChI=1S/C29H33N3O4/c1-5-6-7-8-21(2)19-31-15-16-32(29(33)20-31)22-9-11-23(12-10-22)36-26-13-14-30-25-18-28(35-4)27(34-3)17-24(25)26/h5-14,17-18,21H,15-16,19-20H2,1-4H3/b6-5-,8-7-. The lowest BCUT2D eigenvalue weighted by molar-refractivity contribution is -0.121. The SMILES string of the molecule is C/C=C\C=C/C(C)CN1CCN(c2ccc(Oc3ccnc4cc(OC)c(OC)cc34)cc2)C(=O)C1. The molecule has 7 heteroatoms. The van der Waals surface area contributed by atoms with Crippen molar-refractivity contribution in [2.24, 2.45) is 5.92 Å². The van der Waals surface area contributed by atoms with Crippen LogP contribution in [0.15, 0.2) is 73.0 Å². The molecule has 1 aromatic heterocycles. The van der Waals surface area contributed by atoms with E-state index in [-0.39, 0.29) is 5.91 Å². The van der Waals surface area contributed by atoms with Crippen LogP contribution in [0.1, 0.15) is 13.8 Å². The Morgan fingerprint density at radius 1 is 1.00 bits per heavy atom. The van der Waals surface area contributed by atoms with Gasteiger partial charge in [0, 0.05) is 43.0 Å². The largest absolute Gasteiger partial charge is 0.493 e. The monoisotopic (exact) mass is 487 g/mol. The molecule has 1 fully saturated rings. The number of rotatable bonds is 9. The minimum Gasteiger partial charge on any atom is -0.493 e. The Morgan fingerprint density at radius 3 is 2.44 bits per heavy atom.